The molecular formula is C15H15NO. The molecule has 0 spiro atoms. The van der Waals surface area contributed by atoms with Crippen molar-refractivity contribution in [3.05, 3.63) is 48.7 Å². The molecular weight excluding hydrogens is 210 g/mol. The van der Waals surface area contributed by atoms with Crippen LogP contribution in [0, 0.1) is 12.3 Å². The second kappa shape index (κ2) is 4.90. The molecule has 0 aliphatic carbocycles. The van der Waals surface area contributed by atoms with E-state index >= 15 is 0 Å². The quantitative estimate of drug-likeness (QED) is 0.628. The molecule has 0 fully saturated rings. The Labute approximate surface area is 101 Å². The SMILES string of the molecule is C#CCn1c(C(O)CC=C)cc2ccccc21. The first-order valence-electron chi connectivity index (χ1n) is 5.58. The molecule has 0 saturated heterocycles. The van der Waals surface area contributed by atoms with Crippen LogP contribution >= 0.6 is 0 Å². The minimum absolute atomic E-state index is 0.469. The van der Waals surface area contributed by atoms with Crippen molar-refractivity contribution in [2.45, 2.75) is 19.1 Å². The molecule has 86 valence electrons. The molecule has 1 N–H and O–H groups in total. The summed E-state index contributed by atoms with van der Waals surface area (Å²) in [4.78, 5) is 0. The van der Waals surface area contributed by atoms with E-state index in [-0.39, 0.29) is 0 Å². The average molecular weight is 225 g/mol. The van der Waals surface area contributed by atoms with Gasteiger partial charge >= 0.3 is 0 Å². The Morgan fingerprint density at radius 1 is 1.47 bits per heavy atom. The summed E-state index contributed by atoms with van der Waals surface area (Å²) < 4.78 is 1.98. The van der Waals surface area contributed by atoms with Crippen molar-refractivity contribution in [1.29, 1.82) is 0 Å². The van der Waals surface area contributed by atoms with Crippen LogP contribution in [-0.2, 0) is 6.54 Å². The topological polar surface area (TPSA) is 25.2 Å². The summed E-state index contributed by atoms with van der Waals surface area (Å²) in [5, 5.41) is 11.2. The summed E-state index contributed by atoms with van der Waals surface area (Å²) in [7, 11) is 0. The fourth-order valence-corrected chi connectivity index (χ4v) is 2.05. The third-order valence-corrected chi connectivity index (χ3v) is 2.82. The molecule has 0 bridgehead atoms. The van der Waals surface area contributed by atoms with Gasteiger partial charge in [-0.1, -0.05) is 30.2 Å². The molecule has 17 heavy (non-hydrogen) atoms. The molecule has 0 radical (unpaired) electrons. The molecule has 2 nitrogen and oxygen atoms in total. The minimum atomic E-state index is -0.548. The van der Waals surface area contributed by atoms with Crippen molar-refractivity contribution in [3.63, 3.8) is 0 Å². The van der Waals surface area contributed by atoms with Gasteiger partial charge < -0.3 is 9.67 Å². The first kappa shape index (κ1) is 11.5. The van der Waals surface area contributed by atoms with E-state index < -0.39 is 6.10 Å². The minimum Gasteiger partial charge on any atom is -0.387 e. The van der Waals surface area contributed by atoms with Crippen LogP contribution in [0.15, 0.2) is 43.0 Å². The highest BCUT2D eigenvalue weighted by Crippen LogP contribution is 2.26. The number of nitrogens with zero attached hydrogens (tertiary/aromatic N) is 1. The number of terminal acetylenes is 1. The highest BCUT2D eigenvalue weighted by molar-refractivity contribution is 5.81. The highest BCUT2D eigenvalue weighted by Gasteiger charge is 2.14. The third-order valence-electron chi connectivity index (χ3n) is 2.82. The smallest absolute Gasteiger partial charge is 0.0974 e. The summed E-state index contributed by atoms with van der Waals surface area (Å²) in [6.45, 7) is 4.12. The molecule has 1 atom stereocenters. The summed E-state index contributed by atoms with van der Waals surface area (Å²) in [5.74, 6) is 2.63. The standard InChI is InChI=1S/C15H15NO/c1-3-7-15(17)14-11-12-8-5-6-9-13(12)16(14)10-4-2/h2-3,5-6,8-9,11,15,17H,1,7,10H2. The summed E-state index contributed by atoms with van der Waals surface area (Å²) >= 11 is 0. The van der Waals surface area contributed by atoms with Gasteiger partial charge in [-0.2, -0.15) is 0 Å². The van der Waals surface area contributed by atoms with Crippen molar-refractivity contribution in [2.75, 3.05) is 0 Å². The van der Waals surface area contributed by atoms with Crippen LogP contribution in [0.2, 0.25) is 0 Å². The van der Waals surface area contributed by atoms with Crippen LogP contribution in [0.4, 0.5) is 0 Å². The van der Waals surface area contributed by atoms with Crippen LogP contribution in [0.1, 0.15) is 18.2 Å². The summed E-state index contributed by atoms with van der Waals surface area (Å²) in [6, 6.07) is 9.97. The van der Waals surface area contributed by atoms with E-state index in [1.165, 1.54) is 0 Å². The van der Waals surface area contributed by atoms with Gasteiger partial charge in [0.05, 0.1) is 12.6 Å². The Morgan fingerprint density at radius 3 is 2.94 bits per heavy atom. The lowest BCUT2D eigenvalue weighted by molar-refractivity contribution is 0.173. The van der Waals surface area contributed by atoms with E-state index in [9.17, 15) is 5.11 Å². The largest absolute Gasteiger partial charge is 0.387 e. The Morgan fingerprint density at radius 2 is 2.24 bits per heavy atom. The first-order valence-corrected chi connectivity index (χ1v) is 5.58. The van der Waals surface area contributed by atoms with Crippen LogP contribution in [0.25, 0.3) is 10.9 Å². The van der Waals surface area contributed by atoms with Gasteiger partial charge in [-0.3, -0.25) is 0 Å². The summed E-state index contributed by atoms with van der Waals surface area (Å²) in [5.41, 5.74) is 1.91. The number of rotatable bonds is 4. The number of hydrogen-bond donors (Lipinski definition) is 1. The molecule has 0 aliphatic heterocycles. The van der Waals surface area contributed by atoms with E-state index in [4.69, 9.17) is 6.42 Å². The van der Waals surface area contributed by atoms with Crippen LogP contribution in [-0.4, -0.2) is 9.67 Å². The normalized spacial score (nSPS) is 12.2. The lowest BCUT2D eigenvalue weighted by Crippen LogP contribution is -2.06. The number of para-hydroxylation sites is 1. The van der Waals surface area contributed by atoms with Gasteiger partial charge in [0, 0.05) is 11.2 Å². The van der Waals surface area contributed by atoms with Crippen molar-refractivity contribution in [1.82, 2.24) is 4.57 Å². The summed E-state index contributed by atoms with van der Waals surface area (Å²) in [6.07, 6.45) is 7.07. The first-order chi connectivity index (χ1) is 8.27. The number of aromatic nitrogens is 1. The van der Waals surface area contributed by atoms with Crippen molar-refractivity contribution < 1.29 is 5.11 Å². The predicted octanol–water partition coefficient (Wildman–Crippen LogP) is 2.88. The molecule has 0 aliphatic rings. The van der Waals surface area contributed by atoms with Crippen LogP contribution in [0.5, 0.6) is 0 Å². The van der Waals surface area contributed by atoms with Gasteiger partial charge in [0.25, 0.3) is 0 Å². The number of aliphatic hydroxyl groups is 1. The molecule has 2 aromatic rings. The van der Waals surface area contributed by atoms with Gasteiger partial charge in [0.2, 0.25) is 0 Å². The Kier molecular flexibility index (Phi) is 3.32. The fourth-order valence-electron chi connectivity index (χ4n) is 2.05. The monoisotopic (exact) mass is 225 g/mol. The molecule has 1 aromatic heterocycles. The van der Waals surface area contributed by atoms with E-state index in [1.54, 1.807) is 6.08 Å². The van der Waals surface area contributed by atoms with Gasteiger partial charge in [0.1, 0.15) is 0 Å². The van der Waals surface area contributed by atoms with Gasteiger partial charge in [0.15, 0.2) is 0 Å². The maximum Gasteiger partial charge on any atom is 0.0974 e. The number of hydrogen-bond acceptors (Lipinski definition) is 1. The van der Waals surface area contributed by atoms with Gasteiger partial charge in [-0.05, 0) is 23.9 Å². The van der Waals surface area contributed by atoms with E-state index in [0.717, 1.165) is 16.6 Å². The Balaban J connectivity index is 2.57. The second-order valence-corrected chi connectivity index (χ2v) is 3.96. The zero-order chi connectivity index (χ0) is 12.3. The van der Waals surface area contributed by atoms with Crippen molar-refractivity contribution in [2.24, 2.45) is 0 Å². The van der Waals surface area contributed by atoms with E-state index in [2.05, 4.69) is 12.5 Å². The molecule has 0 amide bonds. The zero-order valence-electron chi connectivity index (χ0n) is 9.63. The van der Waals surface area contributed by atoms with Crippen LogP contribution < -0.4 is 0 Å². The molecule has 2 heteroatoms. The maximum absolute atomic E-state index is 10.1. The molecule has 0 saturated carbocycles. The molecule has 2 rings (SSSR count). The van der Waals surface area contributed by atoms with E-state index in [0.29, 0.717) is 13.0 Å². The maximum atomic E-state index is 10.1. The third kappa shape index (κ3) is 2.11. The Hall–Kier alpha value is -1.98. The molecule has 1 aromatic carbocycles. The lowest BCUT2D eigenvalue weighted by atomic mass is 10.2. The fraction of sp³-hybridized carbons (Fsp3) is 0.200. The Bertz CT molecular complexity index is 574. The second-order valence-electron chi connectivity index (χ2n) is 3.96. The zero-order valence-corrected chi connectivity index (χ0v) is 9.63. The molecule has 1 heterocycles. The number of fused-ring (bicyclic) bond motifs is 1. The van der Waals surface area contributed by atoms with Gasteiger partial charge in [-0.15, -0.1) is 13.0 Å². The number of aliphatic hydroxyl groups excluding tert-OH is 1. The van der Waals surface area contributed by atoms with Crippen molar-refractivity contribution in [3.8, 4) is 12.3 Å². The van der Waals surface area contributed by atoms with Gasteiger partial charge in [-0.25, -0.2) is 0 Å². The lowest BCUT2D eigenvalue weighted by Gasteiger charge is -2.11. The average Bonchev–Trinajstić information content (AvgIpc) is 2.70. The van der Waals surface area contributed by atoms with Crippen LogP contribution in [0.3, 0.4) is 0 Å². The molecule has 1 unspecified atom stereocenters. The van der Waals surface area contributed by atoms with E-state index in [1.807, 2.05) is 34.9 Å². The van der Waals surface area contributed by atoms with Crippen molar-refractivity contribution >= 4 is 10.9 Å². The number of benzene rings is 1. The highest BCUT2D eigenvalue weighted by atomic mass is 16.3. The predicted molar refractivity (Wildman–Crippen MR) is 70.5 cm³/mol.